The van der Waals surface area contributed by atoms with Crippen molar-refractivity contribution in [2.24, 2.45) is 0 Å². The van der Waals surface area contributed by atoms with Gasteiger partial charge in [-0.2, -0.15) is 0 Å². The summed E-state index contributed by atoms with van der Waals surface area (Å²) in [4.78, 5) is 0. The smallest absolute Gasteiger partial charge is 0.501 e. The van der Waals surface area contributed by atoms with Crippen LogP contribution >= 0.6 is 0 Å². The van der Waals surface area contributed by atoms with Gasteiger partial charge < -0.3 is 13.3 Å². The average Bonchev–Trinajstić information content (AvgIpc) is 2.27. The highest BCUT2D eigenvalue weighted by Gasteiger charge is 2.45. The Bertz CT molecular complexity index is 283. The van der Waals surface area contributed by atoms with Gasteiger partial charge in [0, 0.05) is 19.8 Å². The lowest BCUT2D eigenvalue weighted by atomic mass is 10.3. The molecule has 15 heavy (non-hydrogen) atoms. The Morgan fingerprint density at radius 1 is 1.00 bits per heavy atom. The molecule has 1 aromatic rings. The Morgan fingerprint density at radius 2 is 1.53 bits per heavy atom. The molecule has 0 atom stereocenters. The Kier molecular flexibility index (Phi) is 4.32. The van der Waals surface area contributed by atoms with E-state index in [1.165, 1.54) is 0 Å². The van der Waals surface area contributed by atoms with Crippen LogP contribution in [0.1, 0.15) is 13.8 Å². The third-order valence-corrected chi connectivity index (χ3v) is 5.35. The molecule has 0 saturated heterocycles. The standard InChI is InChI=1S/C11H18O3Si/c1-10(2)15(12-3,13-4)14-11-8-6-5-7-9-11/h5-10H,1-4H3. The van der Waals surface area contributed by atoms with Crippen LogP contribution in [0.4, 0.5) is 0 Å². The topological polar surface area (TPSA) is 27.7 Å². The number of benzene rings is 1. The summed E-state index contributed by atoms with van der Waals surface area (Å²) in [6.45, 7) is 4.09. The van der Waals surface area contributed by atoms with Gasteiger partial charge >= 0.3 is 8.80 Å². The summed E-state index contributed by atoms with van der Waals surface area (Å²) in [5.74, 6) is 0.793. The summed E-state index contributed by atoms with van der Waals surface area (Å²) >= 11 is 0. The van der Waals surface area contributed by atoms with E-state index >= 15 is 0 Å². The van der Waals surface area contributed by atoms with Crippen LogP contribution in [-0.4, -0.2) is 23.0 Å². The lowest BCUT2D eigenvalue weighted by molar-refractivity contribution is 0.151. The molecule has 0 heterocycles. The second kappa shape index (κ2) is 5.30. The van der Waals surface area contributed by atoms with E-state index in [2.05, 4.69) is 0 Å². The zero-order chi connectivity index (χ0) is 11.3. The molecule has 0 bridgehead atoms. The van der Waals surface area contributed by atoms with Crippen LogP contribution in [0, 0.1) is 0 Å². The van der Waals surface area contributed by atoms with E-state index in [0.29, 0.717) is 0 Å². The van der Waals surface area contributed by atoms with Crippen molar-refractivity contribution in [2.75, 3.05) is 14.2 Å². The molecule has 0 fully saturated rings. The van der Waals surface area contributed by atoms with Crippen LogP contribution in [0.5, 0.6) is 5.75 Å². The van der Waals surface area contributed by atoms with Crippen molar-refractivity contribution in [2.45, 2.75) is 19.4 Å². The minimum Gasteiger partial charge on any atom is -0.501 e. The molecule has 0 aliphatic rings. The first-order valence-corrected chi connectivity index (χ1v) is 6.79. The van der Waals surface area contributed by atoms with Gasteiger partial charge in [0.2, 0.25) is 0 Å². The normalized spacial score (nSPS) is 11.8. The van der Waals surface area contributed by atoms with Crippen molar-refractivity contribution in [1.82, 2.24) is 0 Å². The Labute approximate surface area is 92.3 Å². The molecule has 1 rings (SSSR count). The Hall–Kier alpha value is -0.843. The average molecular weight is 226 g/mol. The van der Waals surface area contributed by atoms with Gasteiger partial charge in [-0.1, -0.05) is 32.0 Å². The minimum absolute atomic E-state index is 0.229. The molecule has 0 spiro atoms. The minimum atomic E-state index is -2.56. The van der Waals surface area contributed by atoms with E-state index in [1.54, 1.807) is 14.2 Å². The maximum atomic E-state index is 5.86. The molecule has 0 aliphatic heterocycles. The first-order chi connectivity index (χ1) is 7.14. The molecular formula is C11H18O3Si. The lowest BCUT2D eigenvalue weighted by Crippen LogP contribution is -2.49. The van der Waals surface area contributed by atoms with E-state index in [0.717, 1.165) is 5.75 Å². The summed E-state index contributed by atoms with van der Waals surface area (Å²) in [5.41, 5.74) is 0.229. The summed E-state index contributed by atoms with van der Waals surface area (Å²) in [5, 5.41) is 0. The quantitative estimate of drug-likeness (QED) is 0.722. The molecule has 3 nitrogen and oxygen atoms in total. The van der Waals surface area contributed by atoms with Crippen molar-refractivity contribution >= 4 is 8.80 Å². The maximum absolute atomic E-state index is 5.86. The van der Waals surface area contributed by atoms with E-state index in [-0.39, 0.29) is 5.54 Å². The zero-order valence-corrected chi connectivity index (χ0v) is 10.7. The van der Waals surface area contributed by atoms with Gasteiger partial charge in [0.15, 0.2) is 0 Å². The molecule has 0 N–H and O–H groups in total. The molecule has 1 aromatic carbocycles. The van der Waals surface area contributed by atoms with Gasteiger partial charge in [-0.05, 0) is 12.1 Å². The van der Waals surface area contributed by atoms with Crippen LogP contribution in [-0.2, 0) is 8.85 Å². The van der Waals surface area contributed by atoms with Crippen LogP contribution in [0.25, 0.3) is 0 Å². The van der Waals surface area contributed by atoms with Crippen molar-refractivity contribution in [1.29, 1.82) is 0 Å². The Morgan fingerprint density at radius 3 is 1.93 bits per heavy atom. The molecule has 0 unspecified atom stereocenters. The van der Waals surface area contributed by atoms with Crippen molar-refractivity contribution in [3.63, 3.8) is 0 Å². The molecule has 0 radical (unpaired) electrons. The van der Waals surface area contributed by atoms with Crippen LogP contribution < -0.4 is 4.43 Å². The largest absolute Gasteiger partial charge is 0.568 e. The number of hydrogen-bond acceptors (Lipinski definition) is 3. The molecule has 0 saturated carbocycles. The second-order valence-electron chi connectivity index (χ2n) is 3.58. The molecule has 0 aromatic heterocycles. The summed E-state index contributed by atoms with van der Waals surface area (Å²) in [6, 6.07) is 9.62. The van der Waals surface area contributed by atoms with Gasteiger partial charge in [-0.3, -0.25) is 0 Å². The highest BCUT2D eigenvalue weighted by molar-refractivity contribution is 6.62. The monoisotopic (exact) mass is 226 g/mol. The number of hydrogen-bond donors (Lipinski definition) is 0. The fraction of sp³-hybridized carbons (Fsp3) is 0.455. The van der Waals surface area contributed by atoms with Crippen LogP contribution in [0.3, 0.4) is 0 Å². The highest BCUT2D eigenvalue weighted by Crippen LogP contribution is 2.25. The van der Waals surface area contributed by atoms with Crippen LogP contribution in [0.2, 0.25) is 5.54 Å². The maximum Gasteiger partial charge on any atom is 0.568 e. The summed E-state index contributed by atoms with van der Waals surface area (Å²) in [7, 11) is 0.714. The molecule has 0 amide bonds. The molecule has 0 aliphatic carbocycles. The zero-order valence-electron chi connectivity index (χ0n) is 9.69. The van der Waals surface area contributed by atoms with Gasteiger partial charge in [-0.25, -0.2) is 0 Å². The van der Waals surface area contributed by atoms with Gasteiger partial charge in [0.1, 0.15) is 5.75 Å². The van der Waals surface area contributed by atoms with Gasteiger partial charge in [0.25, 0.3) is 0 Å². The van der Waals surface area contributed by atoms with Crippen LogP contribution in [0.15, 0.2) is 30.3 Å². The SMILES string of the molecule is CO[Si](OC)(Oc1ccccc1)C(C)C. The fourth-order valence-electron chi connectivity index (χ4n) is 1.41. The van der Waals surface area contributed by atoms with Gasteiger partial charge in [0.05, 0.1) is 0 Å². The first kappa shape index (κ1) is 12.2. The van der Waals surface area contributed by atoms with E-state index in [4.69, 9.17) is 13.3 Å². The van der Waals surface area contributed by atoms with Gasteiger partial charge in [-0.15, -0.1) is 0 Å². The van der Waals surface area contributed by atoms with Crippen molar-refractivity contribution in [3.05, 3.63) is 30.3 Å². The highest BCUT2D eigenvalue weighted by atomic mass is 28.4. The third-order valence-electron chi connectivity index (χ3n) is 2.28. The second-order valence-corrected chi connectivity index (χ2v) is 6.96. The first-order valence-electron chi connectivity index (χ1n) is 4.99. The van der Waals surface area contributed by atoms with Crippen molar-refractivity contribution < 1.29 is 13.3 Å². The number of para-hydroxylation sites is 1. The van der Waals surface area contributed by atoms with E-state index in [9.17, 15) is 0 Å². The lowest BCUT2D eigenvalue weighted by Gasteiger charge is -2.29. The third kappa shape index (κ3) is 2.81. The summed E-state index contributed by atoms with van der Waals surface area (Å²) < 4.78 is 16.8. The molecule has 84 valence electrons. The molecular weight excluding hydrogens is 208 g/mol. The van der Waals surface area contributed by atoms with Crippen molar-refractivity contribution in [3.8, 4) is 5.75 Å². The predicted octanol–water partition coefficient (Wildman–Crippen LogP) is 2.71. The summed E-state index contributed by atoms with van der Waals surface area (Å²) in [6.07, 6.45) is 0. The fourth-order valence-corrected chi connectivity index (χ4v) is 3.39. The number of rotatable bonds is 5. The predicted molar refractivity (Wildman–Crippen MR) is 61.9 cm³/mol. The van der Waals surface area contributed by atoms with E-state index in [1.807, 2.05) is 44.2 Å². The Balaban J connectivity index is 2.84. The molecule has 4 heteroatoms. The van der Waals surface area contributed by atoms with E-state index < -0.39 is 8.80 Å².